The zero-order valence-electron chi connectivity index (χ0n) is 15.5. The first-order chi connectivity index (χ1) is 12.4. The van der Waals surface area contributed by atoms with E-state index in [1.54, 1.807) is 6.07 Å². The Kier molecular flexibility index (Phi) is 2.67. The molecule has 5 aliphatic rings. The molecule has 4 heteroatoms. The van der Waals surface area contributed by atoms with Crippen LogP contribution in [-0.2, 0) is 11.8 Å². The minimum absolute atomic E-state index is 0.210. The Morgan fingerprint density at radius 2 is 2.08 bits per heavy atom. The lowest BCUT2D eigenvalue weighted by Crippen LogP contribution is -2.73. The van der Waals surface area contributed by atoms with Gasteiger partial charge in [-0.3, -0.25) is 4.90 Å². The van der Waals surface area contributed by atoms with Crippen LogP contribution in [0, 0.1) is 11.8 Å². The molecule has 1 saturated carbocycles. The van der Waals surface area contributed by atoms with Gasteiger partial charge < -0.3 is 14.9 Å². The van der Waals surface area contributed by atoms with Gasteiger partial charge in [0.2, 0.25) is 0 Å². The van der Waals surface area contributed by atoms with E-state index in [-0.39, 0.29) is 11.2 Å². The second-order valence-electron chi connectivity index (χ2n) is 9.55. The van der Waals surface area contributed by atoms with E-state index >= 15 is 0 Å². The normalized spacial score (nSPS) is 45.3. The van der Waals surface area contributed by atoms with Gasteiger partial charge in [0, 0.05) is 24.1 Å². The molecule has 0 unspecified atom stereocenters. The van der Waals surface area contributed by atoms with E-state index in [9.17, 15) is 10.2 Å². The van der Waals surface area contributed by atoms with Crippen LogP contribution in [0.3, 0.4) is 0 Å². The van der Waals surface area contributed by atoms with Crippen LogP contribution >= 0.6 is 0 Å². The zero-order chi connectivity index (χ0) is 17.9. The molecule has 2 bridgehead atoms. The predicted octanol–water partition coefficient (Wildman–Crippen LogP) is 2.76. The molecule has 3 aliphatic carbocycles. The molecule has 1 saturated heterocycles. The Balaban J connectivity index is 1.60. The molecular formula is C22H27NO3. The van der Waals surface area contributed by atoms with Gasteiger partial charge in [0.05, 0.1) is 5.41 Å². The smallest absolute Gasteiger partial charge is 0.166 e. The van der Waals surface area contributed by atoms with Gasteiger partial charge in [-0.05, 0) is 63.6 Å². The van der Waals surface area contributed by atoms with Gasteiger partial charge in [0.15, 0.2) is 11.5 Å². The number of benzene rings is 1. The van der Waals surface area contributed by atoms with E-state index in [4.69, 9.17) is 4.74 Å². The zero-order valence-corrected chi connectivity index (χ0v) is 15.5. The van der Waals surface area contributed by atoms with Gasteiger partial charge in [-0.15, -0.1) is 0 Å². The Hall–Kier alpha value is -1.52. The van der Waals surface area contributed by atoms with Crippen molar-refractivity contribution in [3.05, 3.63) is 35.4 Å². The van der Waals surface area contributed by atoms with E-state index in [2.05, 4.69) is 24.0 Å². The van der Waals surface area contributed by atoms with Gasteiger partial charge in [0.1, 0.15) is 11.2 Å². The first kappa shape index (κ1) is 15.5. The van der Waals surface area contributed by atoms with E-state index in [1.807, 2.05) is 13.0 Å². The number of piperidine rings is 1. The minimum Gasteiger partial charge on any atom is -0.504 e. The number of ether oxygens (including phenoxy) is 1. The maximum Gasteiger partial charge on any atom is 0.166 e. The van der Waals surface area contributed by atoms with Crippen molar-refractivity contribution in [1.29, 1.82) is 0 Å². The molecule has 2 heterocycles. The average molecular weight is 353 g/mol. The van der Waals surface area contributed by atoms with E-state index in [0.29, 0.717) is 17.7 Å². The third kappa shape index (κ3) is 1.56. The molecule has 0 aromatic heterocycles. The third-order valence-corrected chi connectivity index (χ3v) is 8.29. The van der Waals surface area contributed by atoms with E-state index in [0.717, 1.165) is 25.3 Å². The van der Waals surface area contributed by atoms with E-state index < -0.39 is 11.2 Å². The lowest BCUT2D eigenvalue weighted by molar-refractivity contribution is -0.157. The second-order valence-corrected chi connectivity index (χ2v) is 9.55. The number of phenolic OH excluding ortho intramolecular Hbond substituents is 1. The number of hydrogen-bond donors (Lipinski definition) is 2. The fourth-order valence-electron chi connectivity index (χ4n) is 6.60. The molecule has 2 aliphatic heterocycles. The number of likely N-dealkylation sites (tertiary alicyclic amines) is 1. The van der Waals surface area contributed by atoms with Gasteiger partial charge >= 0.3 is 0 Å². The van der Waals surface area contributed by atoms with Crippen molar-refractivity contribution in [2.75, 3.05) is 13.1 Å². The number of phenols is 1. The molecule has 6 rings (SSSR count). The Morgan fingerprint density at radius 1 is 1.27 bits per heavy atom. The highest BCUT2D eigenvalue weighted by Gasteiger charge is 2.73. The SMILES string of the molecule is C[C@@]12Oc3c(O)ccc4c3[C@@]13CCN(CC1CC1)[C@H](C4)[C@@H]3C=C[C@]2(C)O. The molecular weight excluding hydrogens is 326 g/mol. The third-order valence-electron chi connectivity index (χ3n) is 8.29. The Morgan fingerprint density at radius 3 is 2.85 bits per heavy atom. The maximum absolute atomic E-state index is 11.3. The summed E-state index contributed by atoms with van der Waals surface area (Å²) in [6, 6.07) is 4.32. The van der Waals surface area contributed by atoms with Crippen LogP contribution in [0.4, 0.5) is 0 Å². The van der Waals surface area contributed by atoms with Crippen LogP contribution in [0.15, 0.2) is 24.3 Å². The summed E-state index contributed by atoms with van der Waals surface area (Å²) in [5.41, 5.74) is 0.413. The molecule has 138 valence electrons. The summed E-state index contributed by atoms with van der Waals surface area (Å²) in [7, 11) is 0. The standard InChI is InChI=1S/C22H27NO3/c1-20(25)8-7-15-16-11-14-5-6-17(24)19-18(14)22(15,21(20,2)26-19)9-10-23(16)12-13-3-4-13/h5-8,13,15-16,24-25H,3-4,9-12H2,1-2H3/t15-,16+,20-,21-,22-/m0/s1. The molecule has 4 nitrogen and oxygen atoms in total. The van der Waals surface area contributed by atoms with Crippen molar-refractivity contribution in [2.24, 2.45) is 11.8 Å². The summed E-state index contributed by atoms with van der Waals surface area (Å²) >= 11 is 0. The van der Waals surface area contributed by atoms with Gasteiger partial charge in [0.25, 0.3) is 0 Å². The van der Waals surface area contributed by atoms with Gasteiger partial charge in [-0.25, -0.2) is 0 Å². The quantitative estimate of drug-likeness (QED) is 0.803. The minimum atomic E-state index is -1.06. The Bertz CT molecular complexity index is 842. The highest BCUT2D eigenvalue weighted by molar-refractivity contribution is 5.64. The average Bonchev–Trinajstić information content (AvgIpc) is 3.36. The molecule has 5 atom stereocenters. The van der Waals surface area contributed by atoms with Crippen molar-refractivity contribution in [2.45, 2.75) is 62.2 Å². The largest absolute Gasteiger partial charge is 0.504 e. The van der Waals surface area contributed by atoms with Gasteiger partial charge in [-0.1, -0.05) is 18.2 Å². The molecule has 2 fully saturated rings. The van der Waals surface area contributed by atoms with E-state index in [1.165, 1.54) is 30.5 Å². The second kappa shape index (κ2) is 4.48. The summed E-state index contributed by atoms with van der Waals surface area (Å²) < 4.78 is 6.47. The van der Waals surface area contributed by atoms with Crippen LogP contribution in [0.5, 0.6) is 11.5 Å². The van der Waals surface area contributed by atoms with Crippen molar-refractivity contribution < 1.29 is 14.9 Å². The fourth-order valence-corrected chi connectivity index (χ4v) is 6.60. The Labute approximate surface area is 154 Å². The van der Waals surface area contributed by atoms with Crippen molar-refractivity contribution in [1.82, 2.24) is 4.90 Å². The maximum atomic E-state index is 11.3. The van der Waals surface area contributed by atoms with Crippen molar-refractivity contribution in [3.63, 3.8) is 0 Å². The summed E-state index contributed by atoms with van der Waals surface area (Å²) in [4.78, 5) is 2.70. The number of hydrogen-bond acceptors (Lipinski definition) is 4. The molecule has 2 N–H and O–H groups in total. The monoisotopic (exact) mass is 353 g/mol. The predicted molar refractivity (Wildman–Crippen MR) is 98.5 cm³/mol. The summed E-state index contributed by atoms with van der Waals surface area (Å²) in [6.45, 7) is 6.18. The highest BCUT2D eigenvalue weighted by atomic mass is 16.5. The number of nitrogens with zero attached hydrogens (tertiary/aromatic N) is 1. The molecule has 1 aromatic carbocycles. The molecule has 1 spiro atoms. The topological polar surface area (TPSA) is 52.9 Å². The van der Waals surface area contributed by atoms with Crippen LogP contribution in [0.1, 0.15) is 44.2 Å². The number of rotatable bonds is 2. The van der Waals surface area contributed by atoms with Crippen LogP contribution in [-0.4, -0.2) is 45.4 Å². The first-order valence-electron chi connectivity index (χ1n) is 10.1. The number of aromatic hydroxyl groups is 1. The summed E-state index contributed by atoms with van der Waals surface area (Å²) in [6.07, 6.45) is 8.95. The highest BCUT2D eigenvalue weighted by Crippen LogP contribution is 2.68. The van der Waals surface area contributed by atoms with Crippen LogP contribution in [0.25, 0.3) is 0 Å². The first-order valence-corrected chi connectivity index (χ1v) is 10.1. The fraction of sp³-hybridized carbons (Fsp3) is 0.636. The van der Waals surface area contributed by atoms with Crippen molar-refractivity contribution >= 4 is 0 Å². The lowest BCUT2D eigenvalue weighted by Gasteiger charge is -2.62. The lowest BCUT2D eigenvalue weighted by atomic mass is 9.47. The molecule has 26 heavy (non-hydrogen) atoms. The summed E-state index contributed by atoms with van der Waals surface area (Å²) in [5.74, 6) is 2.04. The molecule has 0 radical (unpaired) electrons. The summed E-state index contributed by atoms with van der Waals surface area (Å²) in [5, 5.41) is 21.9. The van der Waals surface area contributed by atoms with Crippen molar-refractivity contribution in [3.8, 4) is 11.5 Å². The van der Waals surface area contributed by atoms with Crippen LogP contribution in [0.2, 0.25) is 0 Å². The van der Waals surface area contributed by atoms with Gasteiger partial charge in [-0.2, -0.15) is 0 Å². The molecule has 0 amide bonds. The molecule has 1 aromatic rings. The number of aliphatic hydroxyl groups is 1. The van der Waals surface area contributed by atoms with Crippen LogP contribution < -0.4 is 4.74 Å².